The molecule has 1 aromatic rings. The van der Waals surface area contributed by atoms with Crippen LogP contribution in [-0.2, 0) is 4.74 Å². The Labute approximate surface area is 126 Å². The molecular weight excluding hydrogens is 268 g/mol. The summed E-state index contributed by atoms with van der Waals surface area (Å²) in [5.74, 6) is 1.92. The molecule has 1 fully saturated rings. The van der Waals surface area contributed by atoms with Gasteiger partial charge in [0.25, 0.3) is 0 Å². The predicted molar refractivity (Wildman–Crippen MR) is 85.0 cm³/mol. The van der Waals surface area contributed by atoms with Crippen LogP contribution in [0, 0.1) is 0 Å². The third-order valence-corrected chi connectivity index (χ3v) is 4.12. The quantitative estimate of drug-likeness (QED) is 0.827. The largest absolute Gasteiger partial charge is 0.378 e. The molecule has 1 aliphatic rings. The van der Waals surface area contributed by atoms with Gasteiger partial charge in [-0.15, -0.1) is 0 Å². The van der Waals surface area contributed by atoms with Gasteiger partial charge >= 0.3 is 0 Å². The lowest BCUT2D eigenvalue weighted by Crippen LogP contribution is -2.38. The van der Waals surface area contributed by atoms with Gasteiger partial charge in [0.05, 0.1) is 13.2 Å². The summed E-state index contributed by atoms with van der Waals surface area (Å²) < 4.78 is 5.38. The van der Waals surface area contributed by atoms with Crippen molar-refractivity contribution >= 4 is 17.8 Å². The first kappa shape index (κ1) is 15.8. The second-order valence-corrected chi connectivity index (χ2v) is 5.52. The van der Waals surface area contributed by atoms with E-state index in [4.69, 9.17) is 4.74 Å². The summed E-state index contributed by atoms with van der Waals surface area (Å²) >= 11 is 0. The molecule has 0 spiro atoms. The van der Waals surface area contributed by atoms with E-state index in [-0.39, 0.29) is 5.54 Å². The van der Waals surface area contributed by atoms with E-state index in [1.54, 1.807) is 0 Å². The van der Waals surface area contributed by atoms with Crippen molar-refractivity contribution in [2.45, 2.75) is 39.2 Å². The zero-order valence-corrected chi connectivity index (χ0v) is 13.4. The van der Waals surface area contributed by atoms with Crippen LogP contribution in [0.2, 0.25) is 0 Å². The van der Waals surface area contributed by atoms with Crippen LogP contribution in [0.15, 0.2) is 0 Å². The minimum Gasteiger partial charge on any atom is -0.378 e. The number of aromatic nitrogens is 3. The zero-order valence-electron chi connectivity index (χ0n) is 13.4. The summed E-state index contributed by atoms with van der Waals surface area (Å²) in [5, 5.41) is 6.46. The first-order valence-electron chi connectivity index (χ1n) is 7.65. The summed E-state index contributed by atoms with van der Waals surface area (Å²) in [5.41, 5.74) is -0.00531. The Morgan fingerprint density at radius 1 is 1.10 bits per heavy atom. The molecule has 0 atom stereocenters. The number of anilines is 3. The maximum atomic E-state index is 5.38. The van der Waals surface area contributed by atoms with Crippen LogP contribution in [0.1, 0.15) is 33.6 Å². The Morgan fingerprint density at radius 2 is 1.71 bits per heavy atom. The highest BCUT2D eigenvalue weighted by molar-refractivity contribution is 5.44. The van der Waals surface area contributed by atoms with Gasteiger partial charge in [-0.25, -0.2) is 0 Å². The fourth-order valence-corrected chi connectivity index (χ4v) is 2.13. The standard InChI is InChI=1S/C14H26N6O/c1-5-14(3,6-2)19-12-16-11(15-4)17-13(18-12)20-7-9-21-10-8-20/h5-10H2,1-4H3,(H2,15,16,17,18,19). The summed E-state index contributed by atoms with van der Waals surface area (Å²) in [6.45, 7) is 9.57. The molecule has 2 N–H and O–H groups in total. The Bertz CT molecular complexity index is 457. The smallest absolute Gasteiger partial charge is 0.232 e. The zero-order chi connectivity index (χ0) is 15.3. The molecule has 2 rings (SSSR count). The second kappa shape index (κ2) is 6.89. The van der Waals surface area contributed by atoms with Gasteiger partial charge in [-0.1, -0.05) is 13.8 Å². The highest BCUT2D eigenvalue weighted by Gasteiger charge is 2.22. The van der Waals surface area contributed by atoms with Crippen molar-refractivity contribution in [3.63, 3.8) is 0 Å². The van der Waals surface area contributed by atoms with E-state index in [9.17, 15) is 0 Å². The van der Waals surface area contributed by atoms with Crippen LogP contribution in [0.4, 0.5) is 17.8 Å². The fraction of sp³-hybridized carbons (Fsp3) is 0.786. The van der Waals surface area contributed by atoms with Crippen molar-refractivity contribution in [1.82, 2.24) is 15.0 Å². The fourth-order valence-electron chi connectivity index (χ4n) is 2.13. The Balaban J connectivity index is 2.24. The third kappa shape index (κ3) is 3.93. The lowest BCUT2D eigenvalue weighted by molar-refractivity contribution is 0.122. The molecule has 1 aromatic heterocycles. The average Bonchev–Trinajstić information content (AvgIpc) is 2.55. The molecule has 0 amide bonds. The Kier molecular flexibility index (Phi) is 5.17. The van der Waals surface area contributed by atoms with Crippen molar-refractivity contribution in [2.75, 3.05) is 48.9 Å². The molecule has 118 valence electrons. The van der Waals surface area contributed by atoms with Crippen molar-refractivity contribution in [1.29, 1.82) is 0 Å². The SMILES string of the molecule is CCC(C)(CC)Nc1nc(NC)nc(N2CCOCC2)n1. The number of rotatable bonds is 6. The lowest BCUT2D eigenvalue weighted by atomic mass is 9.96. The second-order valence-electron chi connectivity index (χ2n) is 5.52. The molecule has 1 aliphatic heterocycles. The molecule has 0 radical (unpaired) electrons. The van der Waals surface area contributed by atoms with Crippen molar-refractivity contribution in [3.8, 4) is 0 Å². The summed E-state index contributed by atoms with van der Waals surface area (Å²) in [6.07, 6.45) is 2.02. The molecule has 0 aromatic carbocycles. The summed E-state index contributed by atoms with van der Waals surface area (Å²) in [4.78, 5) is 15.6. The van der Waals surface area contributed by atoms with Gasteiger partial charge in [-0.05, 0) is 19.8 Å². The monoisotopic (exact) mass is 294 g/mol. The molecule has 0 saturated carbocycles. The average molecular weight is 294 g/mol. The minimum absolute atomic E-state index is 0.00531. The van der Waals surface area contributed by atoms with E-state index in [1.165, 1.54) is 0 Å². The van der Waals surface area contributed by atoms with Crippen LogP contribution in [0.3, 0.4) is 0 Å². The van der Waals surface area contributed by atoms with Gasteiger partial charge in [0.1, 0.15) is 0 Å². The first-order chi connectivity index (χ1) is 10.1. The maximum Gasteiger partial charge on any atom is 0.232 e. The number of morpholine rings is 1. The van der Waals surface area contributed by atoms with Crippen LogP contribution in [0.5, 0.6) is 0 Å². The molecule has 0 unspecified atom stereocenters. The summed E-state index contributed by atoms with van der Waals surface area (Å²) in [7, 11) is 1.82. The highest BCUT2D eigenvalue weighted by atomic mass is 16.5. The molecule has 2 heterocycles. The minimum atomic E-state index is -0.00531. The van der Waals surface area contributed by atoms with Gasteiger partial charge in [-0.3, -0.25) is 0 Å². The van der Waals surface area contributed by atoms with E-state index < -0.39 is 0 Å². The first-order valence-corrected chi connectivity index (χ1v) is 7.65. The number of ether oxygens (including phenoxy) is 1. The number of hydrogen-bond donors (Lipinski definition) is 2. The van der Waals surface area contributed by atoms with Crippen LogP contribution >= 0.6 is 0 Å². The highest BCUT2D eigenvalue weighted by Crippen LogP contribution is 2.21. The lowest BCUT2D eigenvalue weighted by Gasteiger charge is -2.30. The van der Waals surface area contributed by atoms with E-state index >= 15 is 0 Å². The molecular formula is C14H26N6O. The van der Waals surface area contributed by atoms with E-state index in [0.29, 0.717) is 31.1 Å². The number of nitrogens with zero attached hydrogens (tertiary/aromatic N) is 4. The molecule has 7 nitrogen and oxygen atoms in total. The van der Waals surface area contributed by atoms with E-state index in [2.05, 4.69) is 51.3 Å². The van der Waals surface area contributed by atoms with Gasteiger partial charge < -0.3 is 20.3 Å². The van der Waals surface area contributed by atoms with Crippen LogP contribution < -0.4 is 15.5 Å². The Morgan fingerprint density at radius 3 is 2.29 bits per heavy atom. The van der Waals surface area contributed by atoms with Crippen molar-refractivity contribution < 1.29 is 4.74 Å². The van der Waals surface area contributed by atoms with Crippen molar-refractivity contribution in [3.05, 3.63) is 0 Å². The molecule has 0 aliphatic carbocycles. The molecule has 0 bridgehead atoms. The normalized spacial score (nSPS) is 15.9. The molecule has 21 heavy (non-hydrogen) atoms. The van der Waals surface area contributed by atoms with Crippen molar-refractivity contribution in [2.24, 2.45) is 0 Å². The predicted octanol–water partition coefficient (Wildman–Crippen LogP) is 1.74. The van der Waals surface area contributed by atoms with Gasteiger partial charge in [0.2, 0.25) is 17.8 Å². The number of hydrogen-bond acceptors (Lipinski definition) is 7. The van der Waals surface area contributed by atoms with E-state index in [1.807, 2.05) is 7.05 Å². The Hall–Kier alpha value is -1.63. The van der Waals surface area contributed by atoms with E-state index in [0.717, 1.165) is 25.9 Å². The van der Waals surface area contributed by atoms with Crippen LogP contribution in [-0.4, -0.2) is 53.8 Å². The number of nitrogens with one attached hydrogen (secondary N) is 2. The van der Waals surface area contributed by atoms with Gasteiger partial charge in [0, 0.05) is 25.7 Å². The van der Waals surface area contributed by atoms with Gasteiger partial charge in [0.15, 0.2) is 0 Å². The molecule has 1 saturated heterocycles. The summed E-state index contributed by atoms with van der Waals surface area (Å²) in [6, 6.07) is 0. The third-order valence-electron chi connectivity index (χ3n) is 4.12. The maximum absolute atomic E-state index is 5.38. The topological polar surface area (TPSA) is 75.2 Å². The van der Waals surface area contributed by atoms with Crippen LogP contribution in [0.25, 0.3) is 0 Å². The van der Waals surface area contributed by atoms with Gasteiger partial charge in [-0.2, -0.15) is 15.0 Å². The molecule has 7 heteroatoms.